The molecule has 1 aliphatic carbocycles. The van der Waals surface area contributed by atoms with Gasteiger partial charge < -0.3 is 19.0 Å². The van der Waals surface area contributed by atoms with E-state index in [1.165, 1.54) is 7.11 Å². The van der Waals surface area contributed by atoms with Crippen LogP contribution >= 0.6 is 0 Å². The zero-order valence-electron chi connectivity index (χ0n) is 9.36. The molecule has 0 aromatic carbocycles. The van der Waals surface area contributed by atoms with Gasteiger partial charge in [0, 0.05) is 19.3 Å². The number of aldehydes is 1. The van der Waals surface area contributed by atoms with Crippen molar-refractivity contribution in [1.82, 2.24) is 0 Å². The Labute approximate surface area is 94.0 Å². The molecule has 0 aromatic heterocycles. The lowest BCUT2D eigenvalue weighted by atomic mass is 9.62. The Morgan fingerprint density at radius 2 is 2.00 bits per heavy atom. The predicted molar refractivity (Wildman–Crippen MR) is 53.6 cm³/mol. The molecular weight excluding hydrogens is 212 g/mol. The molecule has 2 rings (SSSR count). The topological polar surface area (TPSA) is 61.8 Å². The molecular formula is C11H16O5. The van der Waals surface area contributed by atoms with Gasteiger partial charge in [0.05, 0.1) is 25.7 Å². The first-order chi connectivity index (χ1) is 7.66. The first-order valence-electron chi connectivity index (χ1n) is 5.46. The van der Waals surface area contributed by atoms with Crippen LogP contribution in [0.15, 0.2) is 0 Å². The van der Waals surface area contributed by atoms with Crippen molar-refractivity contribution in [2.24, 2.45) is 5.41 Å². The molecule has 1 heterocycles. The Kier molecular flexibility index (Phi) is 2.99. The van der Waals surface area contributed by atoms with Crippen LogP contribution in [0.5, 0.6) is 0 Å². The quantitative estimate of drug-likeness (QED) is 0.522. The molecule has 0 aromatic rings. The van der Waals surface area contributed by atoms with Gasteiger partial charge in [0.25, 0.3) is 0 Å². The van der Waals surface area contributed by atoms with E-state index in [4.69, 9.17) is 14.2 Å². The molecule has 1 aliphatic heterocycles. The summed E-state index contributed by atoms with van der Waals surface area (Å²) in [6.45, 7) is 1.15. The standard InChI is InChI=1S/C11H16O5/c1-14-9(13)10(3-2-4-12)7-11(8-10)15-5-6-16-11/h4H,2-3,5-8H2,1H3. The maximum Gasteiger partial charge on any atom is 0.312 e. The van der Waals surface area contributed by atoms with Gasteiger partial charge in [0.2, 0.25) is 0 Å². The Hall–Kier alpha value is -0.940. The third-order valence-corrected chi connectivity index (χ3v) is 3.39. The van der Waals surface area contributed by atoms with Gasteiger partial charge in [0.1, 0.15) is 6.29 Å². The lowest BCUT2D eigenvalue weighted by Crippen LogP contribution is -2.56. The summed E-state index contributed by atoms with van der Waals surface area (Å²) in [6, 6.07) is 0. The molecule has 1 saturated heterocycles. The minimum Gasteiger partial charge on any atom is -0.469 e. The van der Waals surface area contributed by atoms with Crippen LogP contribution in [0.1, 0.15) is 25.7 Å². The predicted octanol–water partition coefficient (Wildman–Crippen LogP) is 0.662. The summed E-state index contributed by atoms with van der Waals surface area (Å²) in [5.74, 6) is -0.851. The van der Waals surface area contributed by atoms with E-state index < -0.39 is 11.2 Å². The summed E-state index contributed by atoms with van der Waals surface area (Å²) in [5.41, 5.74) is -0.583. The van der Waals surface area contributed by atoms with E-state index in [-0.39, 0.29) is 5.97 Å². The van der Waals surface area contributed by atoms with Crippen LogP contribution in [0, 0.1) is 5.41 Å². The molecule has 2 aliphatic rings. The summed E-state index contributed by atoms with van der Waals surface area (Å²) >= 11 is 0. The zero-order chi connectivity index (χ0) is 11.6. The minimum atomic E-state index is -0.586. The molecule has 16 heavy (non-hydrogen) atoms. The SMILES string of the molecule is COC(=O)C1(CCC=O)CC2(C1)OCCO2. The Balaban J connectivity index is 2.02. The molecule has 0 radical (unpaired) electrons. The number of carbonyl (C=O) groups excluding carboxylic acids is 2. The average Bonchev–Trinajstić information content (AvgIpc) is 2.72. The van der Waals surface area contributed by atoms with E-state index in [2.05, 4.69) is 0 Å². The maximum absolute atomic E-state index is 11.7. The smallest absolute Gasteiger partial charge is 0.312 e. The second kappa shape index (κ2) is 4.14. The Morgan fingerprint density at radius 3 is 2.50 bits per heavy atom. The Bertz CT molecular complexity index is 285. The fourth-order valence-electron chi connectivity index (χ4n) is 2.66. The highest BCUT2D eigenvalue weighted by Gasteiger charge is 2.62. The first-order valence-corrected chi connectivity index (χ1v) is 5.46. The molecule has 0 amide bonds. The van der Waals surface area contributed by atoms with Crippen molar-refractivity contribution in [3.63, 3.8) is 0 Å². The number of hydrogen-bond acceptors (Lipinski definition) is 5. The van der Waals surface area contributed by atoms with Gasteiger partial charge in [0.15, 0.2) is 5.79 Å². The van der Waals surface area contributed by atoms with Crippen LogP contribution in [0.2, 0.25) is 0 Å². The lowest BCUT2D eigenvalue weighted by Gasteiger charge is -2.50. The number of ether oxygens (including phenoxy) is 3. The average molecular weight is 228 g/mol. The fourth-order valence-corrected chi connectivity index (χ4v) is 2.66. The summed E-state index contributed by atoms with van der Waals surface area (Å²) < 4.78 is 15.8. The van der Waals surface area contributed by atoms with E-state index >= 15 is 0 Å². The third-order valence-electron chi connectivity index (χ3n) is 3.39. The van der Waals surface area contributed by atoms with Crippen molar-refractivity contribution >= 4 is 12.3 Å². The largest absolute Gasteiger partial charge is 0.469 e. The minimum absolute atomic E-state index is 0.265. The van der Waals surface area contributed by atoms with Crippen LogP contribution in [-0.4, -0.2) is 38.4 Å². The number of methoxy groups -OCH3 is 1. The van der Waals surface area contributed by atoms with E-state index in [1.807, 2.05) is 0 Å². The molecule has 1 spiro atoms. The van der Waals surface area contributed by atoms with Crippen molar-refractivity contribution in [2.45, 2.75) is 31.5 Å². The van der Waals surface area contributed by atoms with E-state index in [0.29, 0.717) is 38.9 Å². The van der Waals surface area contributed by atoms with Gasteiger partial charge in [-0.25, -0.2) is 0 Å². The van der Waals surface area contributed by atoms with E-state index in [1.54, 1.807) is 0 Å². The molecule has 2 fully saturated rings. The van der Waals surface area contributed by atoms with Crippen LogP contribution in [0.3, 0.4) is 0 Å². The highest BCUT2D eigenvalue weighted by molar-refractivity contribution is 5.78. The molecule has 1 saturated carbocycles. The molecule has 5 nitrogen and oxygen atoms in total. The van der Waals surface area contributed by atoms with Gasteiger partial charge >= 0.3 is 5.97 Å². The van der Waals surface area contributed by atoms with Crippen molar-refractivity contribution in [1.29, 1.82) is 0 Å². The third kappa shape index (κ3) is 1.74. The molecule has 90 valence electrons. The summed E-state index contributed by atoms with van der Waals surface area (Å²) in [6.07, 6.45) is 2.70. The van der Waals surface area contributed by atoms with Gasteiger partial charge in [-0.2, -0.15) is 0 Å². The molecule has 0 bridgehead atoms. The monoisotopic (exact) mass is 228 g/mol. The van der Waals surface area contributed by atoms with Gasteiger partial charge in [-0.3, -0.25) is 4.79 Å². The van der Waals surface area contributed by atoms with Crippen molar-refractivity contribution in [3.05, 3.63) is 0 Å². The van der Waals surface area contributed by atoms with Crippen molar-refractivity contribution in [2.75, 3.05) is 20.3 Å². The van der Waals surface area contributed by atoms with Gasteiger partial charge in [-0.15, -0.1) is 0 Å². The molecule has 5 heteroatoms. The first kappa shape index (κ1) is 11.5. The highest BCUT2D eigenvalue weighted by atomic mass is 16.7. The van der Waals surface area contributed by atoms with Crippen molar-refractivity contribution in [3.8, 4) is 0 Å². The molecule has 0 unspecified atom stereocenters. The van der Waals surface area contributed by atoms with Crippen LogP contribution in [0.4, 0.5) is 0 Å². The molecule has 0 N–H and O–H groups in total. The highest BCUT2D eigenvalue weighted by Crippen LogP contribution is 2.55. The van der Waals surface area contributed by atoms with Crippen LogP contribution in [-0.2, 0) is 23.8 Å². The summed E-state index contributed by atoms with van der Waals surface area (Å²) in [5, 5.41) is 0. The zero-order valence-corrected chi connectivity index (χ0v) is 9.36. The van der Waals surface area contributed by atoms with Crippen molar-refractivity contribution < 1.29 is 23.8 Å². The van der Waals surface area contributed by atoms with Gasteiger partial charge in [-0.05, 0) is 6.42 Å². The van der Waals surface area contributed by atoms with Crippen LogP contribution < -0.4 is 0 Å². The number of carbonyl (C=O) groups is 2. The second-order valence-corrected chi connectivity index (χ2v) is 4.44. The second-order valence-electron chi connectivity index (χ2n) is 4.44. The van der Waals surface area contributed by atoms with Gasteiger partial charge in [-0.1, -0.05) is 0 Å². The normalized spacial score (nSPS) is 25.1. The van der Waals surface area contributed by atoms with Crippen LogP contribution in [0.25, 0.3) is 0 Å². The number of hydrogen-bond donors (Lipinski definition) is 0. The molecule has 0 atom stereocenters. The lowest BCUT2D eigenvalue weighted by molar-refractivity contribution is -0.264. The van der Waals surface area contributed by atoms with E-state index in [9.17, 15) is 9.59 Å². The summed E-state index contributed by atoms with van der Waals surface area (Å²) in [4.78, 5) is 22.1. The fraction of sp³-hybridized carbons (Fsp3) is 0.818. The Morgan fingerprint density at radius 1 is 1.38 bits per heavy atom. The maximum atomic E-state index is 11.7. The number of rotatable bonds is 4. The summed E-state index contributed by atoms with van der Waals surface area (Å²) in [7, 11) is 1.37. The number of esters is 1. The van der Waals surface area contributed by atoms with E-state index in [0.717, 1.165) is 6.29 Å².